The van der Waals surface area contributed by atoms with E-state index in [1.165, 1.54) is 24.5 Å². The van der Waals surface area contributed by atoms with Gasteiger partial charge in [-0.15, -0.1) is 0 Å². The quantitative estimate of drug-likeness (QED) is 0.669. The highest BCUT2D eigenvalue weighted by Gasteiger charge is 2.73. The Morgan fingerprint density at radius 2 is 1.76 bits per heavy atom. The van der Waals surface area contributed by atoms with E-state index in [9.17, 15) is 32.3 Å². The van der Waals surface area contributed by atoms with Crippen molar-refractivity contribution in [2.24, 2.45) is 5.41 Å². The monoisotopic (exact) mass is 353 g/mol. The molecule has 8 heteroatoms. The van der Waals surface area contributed by atoms with Crippen molar-refractivity contribution in [3.05, 3.63) is 59.7 Å². The van der Waals surface area contributed by atoms with E-state index in [1.54, 1.807) is 12.1 Å². The van der Waals surface area contributed by atoms with E-state index >= 15 is 0 Å². The van der Waals surface area contributed by atoms with Crippen molar-refractivity contribution in [3.63, 3.8) is 0 Å². The largest absolute Gasteiger partial charge is 0.506 e. The number of allylic oxidation sites excluding steroid dienone is 6. The van der Waals surface area contributed by atoms with E-state index in [0.29, 0.717) is 11.1 Å². The lowest BCUT2D eigenvalue weighted by Crippen LogP contribution is -2.43. The molecular formula is C17H11F4NO3. The molecule has 1 unspecified atom stereocenters. The van der Waals surface area contributed by atoms with Crippen LogP contribution in [0.5, 0.6) is 0 Å². The minimum absolute atomic E-state index is 0.115. The van der Waals surface area contributed by atoms with Gasteiger partial charge in [0.2, 0.25) is 5.78 Å². The average molecular weight is 353 g/mol. The van der Waals surface area contributed by atoms with Crippen molar-refractivity contribution in [3.8, 4) is 0 Å². The summed E-state index contributed by atoms with van der Waals surface area (Å²) in [4.78, 5) is 27.2. The molecule has 0 saturated carbocycles. The summed E-state index contributed by atoms with van der Waals surface area (Å²) in [7, 11) is 0. The lowest BCUT2D eigenvalue weighted by atomic mass is 9.73. The third-order valence-corrected chi connectivity index (χ3v) is 4.35. The summed E-state index contributed by atoms with van der Waals surface area (Å²) < 4.78 is 54.3. The Morgan fingerprint density at radius 1 is 1.12 bits per heavy atom. The van der Waals surface area contributed by atoms with E-state index in [2.05, 4.69) is 4.98 Å². The third-order valence-electron chi connectivity index (χ3n) is 4.35. The first-order chi connectivity index (χ1) is 11.7. The number of hydrogen-bond acceptors (Lipinski definition) is 4. The molecule has 0 spiro atoms. The van der Waals surface area contributed by atoms with Gasteiger partial charge < -0.3 is 9.90 Å². The number of ketones is 1. The average Bonchev–Trinajstić information content (AvgIpc) is 2.73. The first-order valence-corrected chi connectivity index (χ1v) is 7.18. The maximum absolute atomic E-state index is 13.6. The smallest absolute Gasteiger partial charge is 0.379 e. The number of Topliss-reactive ketones (excluding diaryl/α,β-unsaturated/α-hetero) is 1. The summed E-state index contributed by atoms with van der Waals surface area (Å²) in [6.45, 7) is 0. The van der Waals surface area contributed by atoms with Crippen LogP contribution in [-0.2, 0) is 9.59 Å². The van der Waals surface area contributed by atoms with Crippen LogP contribution in [0.25, 0.3) is 5.57 Å². The molecule has 0 amide bonds. The van der Waals surface area contributed by atoms with E-state index < -0.39 is 34.4 Å². The number of nitrogens with zero attached hydrogens (tertiary/aromatic N) is 1. The molecule has 0 aromatic carbocycles. The summed E-state index contributed by atoms with van der Waals surface area (Å²) >= 11 is 0. The Kier molecular flexibility index (Phi) is 3.66. The molecule has 0 fully saturated rings. The van der Waals surface area contributed by atoms with Crippen LogP contribution >= 0.6 is 0 Å². The minimum atomic E-state index is -5.09. The molecule has 2 aliphatic carbocycles. The number of aliphatic hydroxyl groups is 1. The summed E-state index contributed by atoms with van der Waals surface area (Å²) in [6.07, 6.45) is 6.72. The van der Waals surface area contributed by atoms with Crippen LogP contribution in [-0.4, -0.2) is 34.0 Å². The molecule has 1 N–H and O–H groups in total. The number of aldehydes is 1. The maximum atomic E-state index is 13.6. The SMILES string of the molecule is O=CC1(C2=C(O)C(F)(F)C(F)(F)C2=O)C=CC(c2ccncc2)=CC1. The van der Waals surface area contributed by atoms with Gasteiger partial charge in [-0.3, -0.25) is 9.78 Å². The van der Waals surface area contributed by atoms with Gasteiger partial charge in [-0.2, -0.15) is 17.6 Å². The van der Waals surface area contributed by atoms with Crippen molar-refractivity contribution in [1.82, 2.24) is 4.98 Å². The molecule has 25 heavy (non-hydrogen) atoms. The van der Waals surface area contributed by atoms with Gasteiger partial charge in [0.25, 0.3) is 0 Å². The lowest BCUT2D eigenvalue weighted by Gasteiger charge is -2.27. The number of rotatable bonds is 3. The second kappa shape index (κ2) is 5.37. The molecule has 4 nitrogen and oxygen atoms in total. The molecule has 0 aliphatic heterocycles. The van der Waals surface area contributed by atoms with Gasteiger partial charge in [0.15, 0.2) is 5.76 Å². The van der Waals surface area contributed by atoms with E-state index in [0.717, 1.165) is 6.08 Å². The molecule has 3 rings (SSSR count). The molecule has 1 aromatic rings. The van der Waals surface area contributed by atoms with Crippen LogP contribution in [0.4, 0.5) is 17.6 Å². The molecule has 2 aliphatic rings. The summed E-state index contributed by atoms with van der Waals surface area (Å²) in [5.74, 6) is -14.4. The van der Waals surface area contributed by atoms with E-state index in [-0.39, 0.29) is 12.7 Å². The Bertz CT molecular complexity index is 843. The van der Waals surface area contributed by atoms with Gasteiger partial charge >= 0.3 is 11.8 Å². The van der Waals surface area contributed by atoms with Crippen molar-refractivity contribution >= 4 is 17.6 Å². The zero-order chi connectivity index (χ0) is 18.5. The number of hydrogen-bond donors (Lipinski definition) is 1. The van der Waals surface area contributed by atoms with Crippen LogP contribution in [0, 0.1) is 5.41 Å². The van der Waals surface area contributed by atoms with Crippen LogP contribution in [0.3, 0.4) is 0 Å². The number of pyridine rings is 1. The number of carbonyl (C=O) groups excluding carboxylic acids is 2. The zero-order valence-corrected chi connectivity index (χ0v) is 12.5. The predicted molar refractivity (Wildman–Crippen MR) is 79.0 cm³/mol. The lowest BCUT2D eigenvalue weighted by molar-refractivity contribution is -0.190. The van der Waals surface area contributed by atoms with Crippen molar-refractivity contribution in [2.75, 3.05) is 0 Å². The highest BCUT2D eigenvalue weighted by molar-refractivity contribution is 6.10. The van der Waals surface area contributed by atoms with Crippen LogP contribution in [0.15, 0.2) is 54.1 Å². The normalized spacial score (nSPS) is 27.4. The Hall–Kier alpha value is -2.77. The minimum Gasteiger partial charge on any atom is -0.506 e. The number of carbonyl (C=O) groups is 2. The molecule has 0 radical (unpaired) electrons. The number of aliphatic hydroxyl groups excluding tert-OH is 1. The Balaban J connectivity index is 2.04. The second-order valence-electron chi connectivity index (χ2n) is 5.79. The molecule has 1 atom stereocenters. The maximum Gasteiger partial charge on any atom is 0.379 e. The van der Waals surface area contributed by atoms with Crippen LogP contribution < -0.4 is 0 Å². The fraction of sp³-hybridized carbons (Fsp3) is 0.235. The molecule has 0 bridgehead atoms. The first-order valence-electron chi connectivity index (χ1n) is 7.18. The van der Waals surface area contributed by atoms with Gasteiger partial charge in [-0.05, 0) is 29.7 Å². The van der Waals surface area contributed by atoms with Crippen LogP contribution in [0.1, 0.15) is 12.0 Å². The van der Waals surface area contributed by atoms with Gasteiger partial charge in [-0.1, -0.05) is 18.2 Å². The van der Waals surface area contributed by atoms with Crippen molar-refractivity contribution in [1.29, 1.82) is 0 Å². The number of alkyl halides is 4. The van der Waals surface area contributed by atoms with E-state index in [1.807, 2.05) is 0 Å². The van der Waals surface area contributed by atoms with Gasteiger partial charge in [0.1, 0.15) is 6.29 Å². The fourth-order valence-corrected chi connectivity index (χ4v) is 2.89. The van der Waals surface area contributed by atoms with Gasteiger partial charge in [-0.25, -0.2) is 0 Å². The molecule has 0 saturated heterocycles. The molecule has 130 valence electrons. The molecular weight excluding hydrogens is 342 g/mol. The first kappa shape index (κ1) is 17.1. The highest BCUT2D eigenvalue weighted by Crippen LogP contribution is 2.53. The van der Waals surface area contributed by atoms with Crippen molar-refractivity contribution < 1.29 is 32.3 Å². The topological polar surface area (TPSA) is 67.3 Å². The fourth-order valence-electron chi connectivity index (χ4n) is 2.89. The summed E-state index contributed by atoms with van der Waals surface area (Å²) in [6, 6.07) is 3.31. The number of aromatic nitrogens is 1. The van der Waals surface area contributed by atoms with E-state index in [4.69, 9.17) is 0 Å². The number of halogens is 4. The third kappa shape index (κ3) is 2.24. The zero-order valence-electron chi connectivity index (χ0n) is 12.5. The molecule has 1 heterocycles. The van der Waals surface area contributed by atoms with Gasteiger partial charge in [0, 0.05) is 12.4 Å². The summed E-state index contributed by atoms with van der Waals surface area (Å²) in [5, 5.41) is 9.56. The van der Waals surface area contributed by atoms with Gasteiger partial charge in [0.05, 0.1) is 11.0 Å². The second-order valence-corrected chi connectivity index (χ2v) is 5.79. The van der Waals surface area contributed by atoms with Crippen LogP contribution in [0.2, 0.25) is 0 Å². The Morgan fingerprint density at radius 3 is 2.20 bits per heavy atom. The van der Waals surface area contributed by atoms with Crippen molar-refractivity contribution in [2.45, 2.75) is 18.3 Å². The summed E-state index contributed by atoms with van der Waals surface area (Å²) in [5.41, 5.74) is -2.03. The molecule has 1 aromatic heterocycles. The predicted octanol–water partition coefficient (Wildman–Crippen LogP) is 3.28. The Labute approximate surface area is 139 Å². The standard InChI is InChI=1S/C17H11F4NO3/c18-16(19)13(24)12(14(25)17(16,20)21)15(9-23)5-1-10(2-6-15)11-3-7-22-8-4-11/h1-5,7-9,24H,6H2. The highest BCUT2D eigenvalue weighted by atomic mass is 19.3.